The van der Waals surface area contributed by atoms with Gasteiger partial charge < -0.3 is 0 Å². The predicted molar refractivity (Wildman–Crippen MR) is 150 cm³/mol. The molecule has 2 heterocycles. The van der Waals surface area contributed by atoms with Crippen molar-refractivity contribution in [3.63, 3.8) is 0 Å². The van der Waals surface area contributed by atoms with Crippen LogP contribution >= 0.6 is 0 Å². The molecular formula is C30H37N7O2. The lowest BCUT2D eigenvalue weighted by Gasteiger charge is -2.27. The second-order valence-electron chi connectivity index (χ2n) is 10.7. The van der Waals surface area contributed by atoms with Crippen LogP contribution in [0, 0.1) is 11.8 Å². The second-order valence-corrected chi connectivity index (χ2v) is 10.7. The lowest BCUT2D eigenvalue weighted by molar-refractivity contribution is 0.0758. The zero-order valence-electron chi connectivity index (χ0n) is 22.6. The number of tetrazole rings is 1. The highest BCUT2D eigenvalue weighted by Gasteiger charge is 2.29. The lowest BCUT2D eigenvalue weighted by atomic mass is 9.79. The molecule has 39 heavy (non-hydrogen) atoms. The van der Waals surface area contributed by atoms with E-state index in [2.05, 4.69) is 32.6 Å². The Bertz CT molecular complexity index is 1400. The van der Waals surface area contributed by atoms with Crippen LogP contribution in [0.4, 0.5) is 0 Å². The van der Waals surface area contributed by atoms with E-state index in [1.165, 1.54) is 49.4 Å². The van der Waals surface area contributed by atoms with Crippen molar-refractivity contribution in [3.05, 3.63) is 70.9 Å². The van der Waals surface area contributed by atoms with Gasteiger partial charge in [0.2, 0.25) is 5.82 Å². The summed E-state index contributed by atoms with van der Waals surface area (Å²) in [5.74, 6) is 0.982. The molecule has 204 valence electrons. The minimum absolute atomic E-state index is 0.110. The number of carbonyl (C=O) groups is 1. The van der Waals surface area contributed by atoms with Gasteiger partial charge in [-0.15, -0.1) is 14.9 Å². The van der Waals surface area contributed by atoms with E-state index < -0.39 is 0 Å². The molecule has 0 spiro atoms. The summed E-state index contributed by atoms with van der Waals surface area (Å²) in [6.45, 7) is 2.59. The van der Waals surface area contributed by atoms with Crippen LogP contribution in [-0.2, 0) is 6.54 Å². The van der Waals surface area contributed by atoms with Crippen LogP contribution in [0.3, 0.4) is 0 Å². The highest BCUT2D eigenvalue weighted by atomic mass is 16.2. The summed E-state index contributed by atoms with van der Waals surface area (Å²) in [6.07, 6.45) is 13.1. The number of hydrogen-bond acceptors (Lipinski definition) is 6. The lowest BCUT2D eigenvalue weighted by Crippen LogP contribution is -2.35. The highest BCUT2D eigenvalue weighted by Crippen LogP contribution is 2.33. The molecule has 2 aromatic heterocycles. The van der Waals surface area contributed by atoms with Crippen molar-refractivity contribution in [2.24, 2.45) is 11.8 Å². The minimum Gasteiger partial charge on any atom is -0.277 e. The molecule has 1 aliphatic rings. The van der Waals surface area contributed by atoms with Gasteiger partial charge in [0.1, 0.15) is 6.33 Å². The van der Waals surface area contributed by atoms with Gasteiger partial charge in [-0.05, 0) is 53.5 Å². The number of nitrogens with one attached hydrogen (secondary N) is 1. The van der Waals surface area contributed by atoms with Crippen LogP contribution in [-0.4, -0.2) is 40.9 Å². The maximum atomic E-state index is 13.1. The Kier molecular flexibility index (Phi) is 8.75. The Labute approximate surface area is 228 Å². The van der Waals surface area contributed by atoms with Gasteiger partial charge in [-0.25, -0.2) is 4.79 Å². The van der Waals surface area contributed by atoms with Crippen molar-refractivity contribution in [2.75, 3.05) is 0 Å². The first kappa shape index (κ1) is 26.7. The zero-order valence-corrected chi connectivity index (χ0v) is 22.6. The van der Waals surface area contributed by atoms with Crippen LogP contribution in [0.2, 0.25) is 0 Å². The van der Waals surface area contributed by atoms with E-state index in [4.69, 9.17) is 0 Å². The topological polar surface area (TPSA) is 111 Å². The van der Waals surface area contributed by atoms with E-state index in [9.17, 15) is 9.59 Å². The Balaban J connectivity index is 1.18. The van der Waals surface area contributed by atoms with Crippen LogP contribution in [0.25, 0.3) is 22.5 Å². The molecule has 1 N–H and O–H groups in total. The molecule has 0 saturated heterocycles. The number of benzene rings is 2. The summed E-state index contributed by atoms with van der Waals surface area (Å²) in [6, 6.07) is 15.9. The highest BCUT2D eigenvalue weighted by molar-refractivity contribution is 5.81. The number of H-pyrrole nitrogens is 1. The summed E-state index contributed by atoms with van der Waals surface area (Å²) >= 11 is 0. The molecule has 5 rings (SSSR count). The predicted octanol–water partition coefficient (Wildman–Crippen LogP) is 5.75. The first-order valence-electron chi connectivity index (χ1n) is 14.2. The SMILES string of the molecule is CCCCCCCC1CCC(C(=O)n2ncn(Cc3ccc(-c4ccccc4-c4nn[nH]n4)cc3)c2=O)CC1. The summed E-state index contributed by atoms with van der Waals surface area (Å²) in [5.41, 5.74) is 3.46. The molecule has 0 bridgehead atoms. The van der Waals surface area contributed by atoms with E-state index >= 15 is 0 Å². The van der Waals surface area contributed by atoms with Crippen molar-refractivity contribution in [3.8, 4) is 22.5 Å². The summed E-state index contributed by atoms with van der Waals surface area (Å²) in [4.78, 5) is 26.2. The molecule has 1 saturated carbocycles. The third-order valence-electron chi connectivity index (χ3n) is 7.99. The molecule has 9 heteroatoms. The summed E-state index contributed by atoms with van der Waals surface area (Å²) in [7, 11) is 0. The Morgan fingerprint density at radius 1 is 0.949 bits per heavy atom. The molecule has 1 fully saturated rings. The minimum atomic E-state index is -0.371. The Morgan fingerprint density at radius 3 is 2.41 bits per heavy atom. The van der Waals surface area contributed by atoms with E-state index in [0.29, 0.717) is 18.3 Å². The maximum Gasteiger partial charge on any atom is 0.353 e. The average molecular weight is 528 g/mol. The molecule has 0 amide bonds. The molecule has 0 atom stereocenters. The number of nitrogens with zero attached hydrogens (tertiary/aromatic N) is 6. The van der Waals surface area contributed by atoms with Crippen LogP contribution in [0.1, 0.15) is 81.5 Å². The zero-order chi connectivity index (χ0) is 27.0. The Morgan fingerprint density at radius 2 is 1.69 bits per heavy atom. The number of unbranched alkanes of at least 4 members (excludes halogenated alkanes) is 4. The van der Waals surface area contributed by atoms with E-state index in [0.717, 1.165) is 52.6 Å². The van der Waals surface area contributed by atoms with Gasteiger partial charge in [-0.2, -0.15) is 10.3 Å². The number of aromatic nitrogens is 7. The second kappa shape index (κ2) is 12.8. The molecule has 9 nitrogen and oxygen atoms in total. The largest absolute Gasteiger partial charge is 0.353 e. The molecule has 0 unspecified atom stereocenters. The third-order valence-corrected chi connectivity index (χ3v) is 7.99. The van der Waals surface area contributed by atoms with Gasteiger partial charge in [0.25, 0.3) is 5.91 Å². The van der Waals surface area contributed by atoms with E-state index in [-0.39, 0.29) is 17.5 Å². The maximum absolute atomic E-state index is 13.1. The molecular weight excluding hydrogens is 490 g/mol. The first-order valence-corrected chi connectivity index (χ1v) is 14.2. The summed E-state index contributed by atoms with van der Waals surface area (Å²) < 4.78 is 2.58. The van der Waals surface area contributed by atoms with Crippen molar-refractivity contribution in [2.45, 2.75) is 77.7 Å². The van der Waals surface area contributed by atoms with Gasteiger partial charge in [0.05, 0.1) is 6.54 Å². The monoisotopic (exact) mass is 527 g/mol. The smallest absolute Gasteiger partial charge is 0.277 e. The molecule has 2 aromatic carbocycles. The van der Waals surface area contributed by atoms with Crippen LogP contribution < -0.4 is 5.69 Å². The quantitative estimate of drug-likeness (QED) is 0.249. The number of carbonyl (C=O) groups excluding carboxylic acids is 1. The first-order chi connectivity index (χ1) is 19.1. The van der Waals surface area contributed by atoms with Gasteiger partial charge in [-0.3, -0.25) is 9.36 Å². The third kappa shape index (κ3) is 6.41. The molecule has 0 radical (unpaired) electrons. The van der Waals surface area contributed by atoms with Gasteiger partial charge in [-0.1, -0.05) is 94.0 Å². The van der Waals surface area contributed by atoms with Crippen LogP contribution in [0.15, 0.2) is 59.7 Å². The van der Waals surface area contributed by atoms with Crippen molar-refractivity contribution >= 4 is 5.91 Å². The normalized spacial score (nSPS) is 17.4. The average Bonchev–Trinajstić information content (AvgIpc) is 3.64. The molecule has 0 aliphatic heterocycles. The fourth-order valence-electron chi connectivity index (χ4n) is 5.69. The number of aromatic amines is 1. The Hall–Kier alpha value is -3.88. The number of hydrogen-bond donors (Lipinski definition) is 1. The van der Waals surface area contributed by atoms with Gasteiger partial charge >= 0.3 is 5.69 Å². The van der Waals surface area contributed by atoms with Gasteiger partial charge in [0, 0.05) is 11.5 Å². The van der Waals surface area contributed by atoms with E-state index in [1.54, 1.807) is 0 Å². The van der Waals surface area contributed by atoms with Crippen molar-refractivity contribution in [1.29, 1.82) is 0 Å². The molecule has 1 aliphatic carbocycles. The standard InChI is InChI=1S/C30H37N7O2/c1-2-3-4-5-6-9-22-12-18-25(19-13-22)29(38)37-30(39)36(21-31-37)20-23-14-16-24(17-15-23)26-10-7-8-11-27(26)28-32-34-35-33-28/h7-8,10-11,14-17,21-22,25H,2-6,9,12-13,18-20H2,1H3,(H,32,33,34,35). The summed E-state index contributed by atoms with van der Waals surface area (Å²) in [5, 5.41) is 18.6. The fourth-order valence-corrected chi connectivity index (χ4v) is 5.69. The van der Waals surface area contributed by atoms with Crippen LogP contribution in [0.5, 0.6) is 0 Å². The van der Waals surface area contributed by atoms with Crippen molar-refractivity contribution < 1.29 is 4.79 Å². The van der Waals surface area contributed by atoms with E-state index in [1.807, 2.05) is 48.5 Å². The van der Waals surface area contributed by atoms with Crippen molar-refractivity contribution in [1.82, 2.24) is 35.0 Å². The number of rotatable bonds is 11. The molecule has 4 aromatic rings. The fraction of sp³-hybridized carbons (Fsp3) is 0.467. The van der Waals surface area contributed by atoms with Gasteiger partial charge in [0.15, 0.2) is 0 Å².